The zero-order valence-electron chi connectivity index (χ0n) is 8.41. The van der Waals surface area contributed by atoms with Crippen LogP contribution in [0.4, 0.5) is 0 Å². The Morgan fingerprint density at radius 3 is 2.79 bits per heavy atom. The molecular formula is C10H16BrNO2. The summed E-state index contributed by atoms with van der Waals surface area (Å²) in [4.78, 5) is 14.5. The van der Waals surface area contributed by atoms with E-state index in [9.17, 15) is 4.79 Å². The van der Waals surface area contributed by atoms with Gasteiger partial charge in [-0.2, -0.15) is 0 Å². The predicted octanol–water partition coefficient (Wildman–Crippen LogP) is 1.41. The van der Waals surface area contributed by atoms with Crippen molar-refractivity contribution >= 4 is 21.8 Å². The predicted molar refractivity (Wildman–Crippen MR) is 57.4 cm³/mol. The van der Waals surface area contributed by atoms with Crippen LogP contribution in [0.2, 0.25) is 0 Å². The van der Waals surface area contributed by atoms with E-state index in [1.165, 1.54) is 0 Å². The van der Waals surface area contributed by atoms with E-state index in [-0.39, 0.29) is 17.9 Å². The van der Waals surface area contributed by atoms with Gasteiger partial charge in [-0.3, -0.25) is 4.79 Å². The van der Waals surface area contributed by atoms with Gasteiger partial charge >= 0.3 is 0 Å². The highest BCUT2D eigenvalue weighted by molar-refractivity contribution is 9.09. The third kappa shape index (κ3) is 1.96. The number of hydrogen-bond acceptors (Lipinski definition) is 2. The molecule has 4 heteroatoms. The van der Waals surface area contributed by atoms with Crippen LogP contribution in [-0.4, -0.2) is 41.4 Å². The lowest BCUT2D eigenvalue weighted by molar-refractivity contribution is -0.135. The Kier molecular flexibility index (Phi) is 3.12. The summed E-state index contributed by atoms with van der Waals surface area (Å²) in [6.45, 7) is 4.50. The Bertz CT molecular complexity index is 234. The first-order chi connectivity index (χ1) is 6.68. The monoisotopic (exact) mass is 261 g/mol. The molecule has 0 bridgehead atoms. The summed E-state index contributed by atoms with van der Waals surface area (Å²) in [7, 11) is 0. The maximum Gasteiger partial charge on any atom is 0.228 e. The van der Waals surface area contributed by atoms with Crippen LogP contribution in [0.1, 0.15) is 19.8 Å². The highest BCUT2D eigenvalue weighted by Gasteiger charge is 2.36. The van der Waals surface area contributed by atoms with E-state index >= 15 is 0 Å². The first-order valence-corrected chi connectivity index (χ1v) is 6.14. The number of likely N-dealkylation sites (tertiary alicyclic amines) is 1. The standard InChI is InChI=1S/C10H16BrNO2/c1-7-9(3-5-14-7)10(13)12-4-2-8(11)6-12/h7-9H,2-6H2,1H3. The molecule has 1 amide bonds. The van der Waals surface area contributed by atoms with Crippen molar-refractivity contribution in [3.05, 3.63) is 0 Å². The summed E-state index contributed by atoms with van der Waals surface area (Å²) in [5.41, 5.74) is 0. The Morgan fingerprint density at radius 2 is 2.29 bits per heavy atom. The number of amides is 1. The van der Waals surface area contributed by atoms with Crippen LogP contribution in [0, 0.1) is 5.92 Å². The third-order valence-corrected chi connectivity index (χ3v) is 3.88. The van der Waals surface area contributed by atoms with E-state index < -0.39 is 0 Å². The van der Waals surface area contributed by atoms with Gasteiger partial charge in [0, 0.05) is 24.5 Å². The van der Waals surface area contributed by atoms with Crippen LogP contribution < -0.4 is 0 Å². The van der Waals surface area contributed by atoms with E-state index in [0.29, 0.717) is 4.83 Å². The minimum absolute atomic E-state index is 0.104. The molecule has 2 rings (SSSR count). The van der Waals surface area contributed by atoms with Crippen LogP contribution in [0.3, 0.4) is 0 Å². The van der Waals surface area contributed by atoms with Crippen molar-refractivity contribution in [2.45, 2.75) is 30.7 Å². The molecule has 0 N–H and O–H groups in total. The second-order valence-electron chi connectivity index (χ2n) is 4.14. The van der Waals surface area contributed by atoms with Gasteiger partial charge < -0.3 is 9.64 Å². The molecule has 2 heterocycles. The van der Waals surface area contributed by atoms with Gasteiger partial charge in [-0.05, 0) is 19.8 Å². The van der Waals surface area contributed by atoms with Crippen molar-refractivity contribution in [3.63, 3.8) is 0 Å². The van der Waals surface area contributed by atoms with Gasteiger partial charge in [0.05, 0.1) is 12.0 Å². The first kappa shape index (κ1) is 10.4. The average molecular weight is 262 g/mol. The lowest BCUT2D eigenvalue weighted by Crippen LogP contribution is -2.37. The van der Waals surface area contributed by atoms with Gasteiger partial charge in [-0.1, -0.05) is 15.9 Å². The molecule has 2 aliphatic rings. The van der Waals surface area contributed by atoms with Gasteiger partial charge in [0.1, 0.15) is 0 Å². The molecule has 3 atom stereocenters. The quantitative estimate of drug-likeness (QED) is 0.669. The minimum atomic E-state index is 0.104. The molecule has 3 unspecified atom stereocenters. The van der Waals surface area contributed by atoms with Crippen molar-refractivity contribution in [2.75, 3.05) is 19.7 Å². The summed E-state index contributed by atoms with van der Waals surface area (Å²) in [6.07, 6.45) is 2.08. The number of carbonyl (C=O) groups excluding carboxylic acids is 1. The zero-order chi connectivity index (χ0) is 10.1. The molecule has 14 heavy (non-hydrogen) atoms. The summed E-state index contributed by atoms with van der Waals surface area (Å²) in [5, 5.41) is 0. The molecule has 0 aromatic heterocycles. The van der Waals surface area contributed by atoms with E-state index in [0.717, 1.165) is 32.5 Å². The minimum Gasteiger partial charge on any atom is -0.378 e. The van der Waals surface area contributed by atoms with Crippen molar-refractivity contribution in [2.24, 2.45) is 5.92 Å². The maximum atomic E-state index is 12.0. The van der Waals surface area contributed by atoms with Crippen molar-refractivity contribution in [1.82, 2.24) is 4.90 Å². The summed E-state index contributed by atoms with van der Waals surface area (Å²) in [5.74, 6) is 0.393. The lowest BCUT2D eigenvalue weighted by Gasteiger charge is -2.21. The number of rotatable bonds is 1. The fourth-order valence-corrected chi connectivity index (χ4v) is 2.76. The second kappa shape index (κ2) is 4.19. The average Bonchev–Trinajstić information content (AvgIpc) is 2.73. The van der Waals surface area contributed by atoms with Crippen molar-refractivity contribution in [1.29, 1.82) is 0 Å². The van der Waals surface area contributed by atoms with Crippen LogP contribution in [0.25, 0.3) is 0 Å². The molecule has 0 aliphatic carbocycles. The maximum absolute atomic E-state index is 12.0. The molecule has 2 saturated heterocycles. The number of halogens is 1. The molecule has 0 spiro atoms. The van der Waals surface area contributed by atoms with Crippen molar-refractivity contribution in [3.8, 4) is 0 Å². The lowest BCUT2D eigenvalue weighted by atomic mass is 10.0. The summed E-state index contributed by atoms with van der Waals surface area (Å²) < 4.78 is 5.41. The number of hydrogen-bond donors (Lipinski definition) is 0. The van der Waals surface area contributed by atoms with Crippen molar-refractivity contribution < 1.29 is 9.53 Å². The van der Waals surface area contributed by atoms with Gasteiger partial charge in [0.15, 0.2) is 0 Å². The van der Waals surface area contributed by atoms with Gasteiger partial charge in [-0.25, -0.2) is 0 Å². The smallest absolute Gasteiger partial charge is 0.228 e. The van der Waals surface area contributed by atoms with E-state index in [1.807, 2.05) is 11.8 Å². The number of alkyl halides is 1. The third-order valence-electron chi connectivity index (χ3n) is 3.14. The SMILES string of the molecule is CC1OCCC1C(=O)N1CCC(Br)C1. The molecular weight excluding hydrogens is 246 g/mol. The molecule has 0 radical (unpaired) electrons. The highest BCUT2D eigenvalue weighted by Crippen LogP contribution is 2.26. The topological polar surface area (TPSA) is 29.5 Å². The molecule has 3 nitrogen and oxygen atoms in total. The molecule has 2 fully saturated rings. The first-order valence-electron chi connectivity index (χ1n) is 5.23. The Morgan fingerprint density at radius 1 is 1.50 bits per heavy atom. The van der Waals surface area contributed by atoms with Gasteiger partial charge in [-0.15, -0.1) is 0 Å². The van der Waals surface area contributed by atoms with Gasteiger partial charge in [0.25, 0.3) is 0 Å². The zero-order valence-corrected chi connectivity index (χ0v) is 10.00. The highest BCUT2D eigenvalue weighted by atomic mass is 79.9. The summed E-state index contributed by atoms with van der Waals surface area (Å²) in [6, 6.07) is 0. The molecule has 0 saturated carbocycles. The fraction of sp³-hybridized carbons (Fsp3) is 0.900. The van der Waals surface area contributed by atoms with E-state index in [1.54, 1.807) is 0 Å². The molecule has 80 valence electrons. The van der Waals surface area contributed by atoms with Crippen LogP contribution in [0.5, 0.6) is 0 Å². The van der Waals surface area contributed by atoms with Gasteiger partial charge in [0.2, 0.25) is 5.91 Å². The Balaban J connectivity index is 1.94. The van der Waals surface area contributed by atoms with E-state index in [2.05, 4.69) is 15.9 Å². The molecule has 2 aliphatic heterocycles. The number of nitrogens with zero attached hydrogens (tertiary/aromatic N) is 1. The Hall–Kier alpha value is -0.0900. The van der Waals surface area contributed by atoms with Crippen LogP contribution in [-0.2, 0) is 9.53 Å². The van der Waals surface area contributed by atoms with E-state index in [4.69, 9.17) is 4.74 Å². The fourth-order valence-electron chi connectivity index (χ4n) is 2.21. The number of carbonyl (C=O) groups is 1. The number of ether oxygens (including phenoxy) is 1. The van der Waals surface area contributed by atoms with Crippen LogP contribution >= 0.6 is 15.9 Å². The molecule has 0 aromatic rings. The summed E-state index contributed by atoms with van der Waals surface area (Å²) >= 11 is 3.55. The largest absolute Gasteiger partial charge is 0.378 e. The molecule has 0 aromatic carbocycles. The normalized spacial score (nSPS) is 37.9. The van der Waals surface area contributed by atoms with Crippen LogP contribution in [0.15, 0.2) is 0 Å². The Labute approximate surface area is 92.9 Å². The second-order valence-corrected chi connectivity index (χ2v) is 5.44.